The van der Waals surface area contributed by atoms with Crippen molar-refractivity contribution >= 4 is 22.9 Å². The number of carbonyl (C=O) groups is 2. The van der Waals surface area contributed by atoms with Gasteiger partial charge in [-0.25, -0.2) is 4.79 Å². The van der Waals surface area contributed by atoms with Crippen LogP contribution >= 0.6 is 0 Å². The highest BCUT2D eigenvalue weighted by molar-refractivity contribution is 5.93. The van der Waals surface area contributed by atoms with Gasteiger partial charge in [0, 0.05) is 13.1 Å². The Morgan fingerprint density at radius 3 is 2.60 bits per heavy atom. The van der Waals surface area contributed by atoms with Crippen molar-refractivity contribution in [2.24, 2.45) is 5.92 Å². The second kappa shape index (κ2) is 8.94. The number of hydrogen-bond donors (Lipinski definition) is 0. The van der Waals surface area contributed by atoms with Crippen molar-refractivity contribution < 1.29 is 19.2 Å². The van der Waals surface area contributed by atoms with Gasteiger partial charge in [0.15, 0.2) is 6.61 Å². The number of rotatable bonds is 6. The van der Waals surface area contributed by atoms with Gasteiger partial charge in [0.2, 0.25) is 0 Å². The Balaban J connectivity index is 1.31. The predicted molar refractivity (Wildman–Crippen MR) is 110 cm³/mol. The number of benzene rings is 2. The molecule has 8 heteroatoms. The Labute approximate surface area is 174 Å². The number of carbonyl (C=O) groups excluding carboxylic acids is 2. The molecule has 30 heavy (non-hydrogen) atoms. The van der Waals surface area contributed by atoms with E-state index < -0.39 is 5.97 Å². The van der Waals surface area contributed by atoms with Crippen molar-refractivity contribution in [1.29, 1.82) is 0 Å². The fourth-order valence-corrected chi connectivity index (χ4v) is 3.78. The van der Waals surface area contributed by atoms with Crippen molar-refractivity contribution in [2.45, 2.75) is 19.3 Å². The van der Waals surface area contributed by atoms with E-state index in [1.54, 1.807) is 18.2 Å². The first-order valence-corrected chi connectivity index (χ1v) is 10.0. The average molecular weight is 408 g/mol. The second-order valence-electron chi connectivity index (χ2n) is 7.44. The zero-order chi connectivity index (χ0) is 20.9. The topological polar surface area (TPSA) is 86.5 Å². The largest absolute Gasteiger partial charge is 0.465 e. The molecule has 156 valence electrons. The molecule has 0 bridgehead atoms. The molecule has 0 aliphatic carbocycles. The van der Waals surface area contributed by atoms with Gasteiger partial charge < -0.3 is 14.5 Å². The van der Waals surface area contributed by atoms with Crippen LogP contribution in [0.1, 0.15) is 28.8 Å². The van der Waals surface area contributed by atoms with E-state index in [1.807, 2.05) is 11.0 Å². The molecule has 1 aliphatic rings. The van der Waals surface area contributed by atoms with Gasteiger partial charge in [-0.3, -0.25) is 4.79 Å². The van der Waals surface area contributed by atoms with Crippen LogP contribution in [0.25, 0.3) is 11.0 Å². The minimum Gasteiger partial charge on any atom is -0.465 e. The molecule has 1 aliphatic heterocycles. The summed E-state index contributed by atoms with van der Waals surface area (Å²) >= 11 is 0. The lowest BCUT2D eigenvalue weighted by Gasteiger charge is -2.32. The maximum absolute atomic E-state index is 12.6. The lowest BCUT2D eigenvalue weighted by molar-refractivity contribution is -0.138. The minimum atomic E-state index is -0.459. The quantitative estimate of drug-likeness (QED) is 0.581. The monoisotopic (exact) mass is 408 g/mol. The van der Waals surface area contributed by atoms with Gasteiger partial charge in [0.25, 0.3) is 5.91 Å². The minimum absolute atomic E-state index is 0.0825. The molecule has 0 spiro atoms. The smallest absolute Gasteiger partial charge is 0.337 e. The van der Waals surface area contributed by atoms with E-state index in [1.165, 1.54) is 17.5 Å². The first-order chi connectivity index (χ1) is 14.6. The van der Waals surface area contributed by atoms with Crippen molar-refractivity contribution in [2.75, 3.05) is 26.8 Å². The Morgan fingerprint density at radius 2 is 1.87 bits per heavy atom. The molecule has 0 unspecified atom stereocenters. The first-order valence-electron chi connectivity index (χ1n) is 10.0. The van der Waals surface area contributed by atoms with Gasteiger partial charge in [0.05, 0.1) is 12.7 Å². The summed E-state index contributed by atoms with van der Waals surface area (Å²) in [5, 5.41) is 7.92. The van der Waals surface area contributed by atoms with Gasteiger partial charge in [-0.15, -0.1) is 5.10 Å². The van der Waals surface area contributed by atoms with Crippen molar-refractivity contribution in [1.82, 2.24) is 20.1 Å². The van der Waals surface area contributed by atoms with Crippen molar-refractivity contribution in [3.05, 3.63) is 59.7 Å². The third-order valence-corrected chi connectivity index (χ3v) is 5.48. The summed E-state index contributed by atoms with van der Waals surface area (Å²) in [6, 6.07) is 15.3. The molecule has 3 aromatic rings. The van der Waals surface area contributed by atoms with Gasteiger partial charge in [-0.1, -0.05) is 35.2 Å². The van der Waals surface area contributed by atoms with Crippen LogP contribution in [-0.4, -0.2) is 58.7 Å². The zero-order valence-electron chi connectivity index (χ0n) is 16.9. The molecule has 2 heterocycles. The van der Waals surface area contributed by atoms with Crippen molar-refractivity contribution in [3.63, 3.8) is 0 Å². The Morgan fingerprint density at radius 1 is 1.10 bits per heavy atom. The molecule has 0 radical (unpaired) electrons. The van der Waals surface area contributed by atoms with Gasteiger partial charge in [-0.2, -0.15) is 0 Å². The number of aromatic nitrogens is 3. The summed E-state index contributed by atoms with van der Waals surface area (Å²) in [6.07, 6.45) is 3.01. The van der Waals surface area contributed by atoms with Crippen LogP contribution in [-0.2, 0) is 16.0 Å². The van der Waals surface area contributed by atoms with Gasteiger partial charge in [0.1, 0.15) is 11.0 Å². The number of methoxy groups -OCH3 is 1. The SMILES string of the molecule is COC(=O)c1ccc2nnn(OCC(=O)N3CCC(Cc4ccccc4)CC3)c2c1. The molecular formula is C22H24N4O4. The molecule has 0 atom stereocenters. The highest BCUT2D eigenvalue weighted by Gasteiger charge is 2.23. The number of ether oxygens (including phenoxy) is 1. The number of esters is 1. The van der Waals surface area contributed by atoms with E-state index in [-0.39, 0.29) is 12.5 Å². The van der Waals surface area contributed by atoms with Crippen LogP contribution in [0.5, 0.6) is 0 Å². The highest BCUT2D eigenvalue weighted by Crippen LogP contribution is 2.21. The normalized spacial score (nSPS) is 14.6. The molecule has 1 amide bonds. The number of hydrogen-bond acceptors (Lipinski definition) is 6. The molecule has 1 fully saturated rings. The van der Waals surface area contributed by atoms with Crippen LogP contribution in [0.2, 0.25) is 0 Å². The highest BCUT2D eigenvalue weighted by atomic mass is 16.7. The summed E-state index contributed by atoms with van der Waals surface area (Å²) < 4.78 is 4.73. The zero-order valence-corrected chi connectivity index (χ0v) is 16.9. The van der Waals surface area contributed by atoms with Crippen LogP contribution in [0.15, 0.2) is 48.5 Å². The van der Waals surface area contributed by atoms with E-state index in [9.17, 15) is 9.59 Å². The van der Waals surface area contributed by atoms with Crippen LogP contribution < -0.4 is 4.84 Å². The molecule has 4 rings (SSSR count). The first kappa shape index (κ1) is 19.9. The lowest BCUT2D eigenvalue weighted by Crippen LogP contribution is -2.42. The Bertz CT molecular complexity index is 1030. The second-order valence-corrected chi connectivity index (χ2v) is 7.44. The van der Waals surface area contributed by atoms with Gasteiger partial charge >= 0.3 is 5.97 Å². The number of fused-ring (bicyclic) bond motifs is 1. The maximum atomic E-state index is 12.6. The molecule has 8 nitrogen and oxygen atoms in total. The fraction of sp³-hybridized carbons (Fsp3) is 0.364. The summed E-state index contributed by atoms with van der Waals surface area (Å²) in [5.74, 6) is 0.0494. The maximum Gasteiger partial charge on any atom is 0.337 e. The van der Waals surface area contributed by atoms with Gasteiger partial charge in [-0.05, 0) is 54.2 Å². The Hall–Kier alpha value is -3.42. The molecule has 0 N–H and O–H groups in total. The lowest BCUT2D eigenvalue weighted by atomic mass is 9.90. The summed E-state index contributed by atoms with van der Waals surface area (Å²) in [4.78, 5) is 32.9. The molecule has 0 saturated carbocycles. The predicted octanol–water partition coefficient (Wildman–Crippen LogP) is 2.13. The molecular weight excluding hydrogens is 384 g/mol. The summed E-state index contributed by atoms with van der Waals surface area (Å²) in [6.45, 7) is 1.32. The van der Waals surface area contributed by atoms with E-state index in [0.717, 1.165) is 32.4 Å². The van der Waals surface area contributed by atoms with E-state index in [0.29, 0.717) is 22.5 Å². The van der Waals surface area contributed by atoms with Crippen LogP contribution in [0.3, 0.4) is 0 Å². The van der Waals surface area contributed by atoms with Crippen LogP contribution in [0, 0.1) is 5.92 Å². The summed E-state index contributed by atoms with van der Waals surface area (Å²) in [5.41, 5.74) is 2.78. The number of piperidine rings is 1. The standard InChI is InChI=1S/C22H24N4O4/c1-29-22(28)18-7-8-19-20(14-18)26(24-23-19)30-15-21(27)25-11-9-17(10-12-25)13-16-5-3-2-4-6-16/h2-8,14,17H,9-13,15H2,1H3. The Kier molecular flexibility index (Phi) is 5.92. The number of amides is 1. The third-order valence-electron chi connectivity index (χ3n) is 5.48. The van der Waals surface area contributed by atoms with Crippen molar-refractivity contribution in [3.8, 4) is 0 Å². The number of nitrogens with zero attached hydrogens (tertiary/aromatic N) is 4. The fourth-order valence-electron chi connectivity index (χ4n) is 3.78. The number of likely N-dealkylation sites (tertiary alicyclic amines) is 1. The van der Waals surface area contributed by atoms with E-state index >= 15 is 0 Å². The molecule has 2 aromatic carbocycles. The molecule has 1 saturated heterocycles. The average Bonchev–Trinajstić information content (AvgIpc) is 3.20. The summed E-state index contributed by atoms with van der Waals surface area (Å²) in [7, 11) is 1.32. The molecule has 1 aromatic heterocycles. The van der Waals surface area contributed by atoms with Crippen LogP contribution in [0.4, 0.5) is 0 Å². The third kappa shape index (κ3) is 4.42. The van der Waals surface area contributed by atoms with E-state index in [2.05, 4.69) is 34.6 Å². The van der Waals surface area contributed by atoms with E-state index in [4.69, 9.17) is 9.57 Å².